The Morgan fingerprint density at radius 3 is 2.52 bits per heavy atom. The molecule has 0 aliphatic carbocycles. The average molecular weight is 479 g/mol. The first-order valence-electron chi connectivity index (χ1n) is 10.8. The molecule has 0 radical (unpaired) electrons. The monoisotopic (exact) mass is 478 g/mol. The minimum Gasteiger partial charge on any atom is -0.457 e. The number of thioether (sulfide) groups is 1. The highest BCUT2D eigenvalue weighted by atomic mass is 32.2. The normalized spacial score (nSPS) is 10.9. The summed E-state index contributed by atoms with van der Waals surface area (Å²) in [5.41, 5.74) is 3.86. The highest BCUT2D eigenvalue weighted by Gasteiger charge is 2.16. The Morgan fingerprint density at radius 2 is 1.79 bits per heavy atom. The number of anilines is 2. The predicted molar refractivity (Wildman–Crippen MR) is 135 cm³/mol. The molecule has 4 rings (SSSR count). The van der Waals surface area contributed by atoms with Crippen molar-refractivity contribution in [3.05, 3.63) is 77.6 Å². The maximum atomic E-state index is 12.8. The zero-order valence-electron chi connectivity index (χ0n) is 18.9. The molecule has 170 valence electrons. The van der Waals surface area contributed by atoms with Crippen molar-refractivity contribution < 1.29 is 9.53 Å². The number of para-hydroxylation sites is 1. The van der Waals surface area contributed by atoms with Crippen LogP contribution >= 0.6 is 23.1 Å². The summed E-state index contributed by atoms with van der Waals surface area (Å²) in [5, 5.41) is 12.4. The summed E-state index contributed by atoms with van der Waals surface area (Å²) in [5.74, 6) is 2.02. The maximum absolute atomic E-state index is 12.8. The zero-order chi connectivity index (χ0) is 23.2. The molecule has 0 saturated carbocycles. The summed E-state index contributed by atoms with van der Waals surface area (Å²) < 4.78 is 8.79. The smallest absolute Gasteiger partial charge is 0.210 e. The van der Waals surface area contributed by atoms with E-state index in [-0.39, 0.29) is 5.78 Å². The lowest BCUT2D eigenvalue weighted by Crippen LogP contribution is -2.06. The number of hydrogen-bond acceptors (Lipinski definition) is 7. The van der Waals surface area contributed by atoms with Crippen LogP contribution in [0.5, 0.6) is 11.5 Å². The SMILES string of the molecule is CCCn1c(C)cc(C(=O)CSc2nnc(Nc3ccc(Oc4ccccc4)cc3)s2)c1C. The topological polar surface area (TPSA) is 69.0 Å². The molecule has 4 aromatic rings. The molecule has 8 heteroatoms. The van der Waals surface area contributed by atoms with Gasteiger partial charge in [0.25, 0.3) is 0 Å². The van der Waals surface area contributed by atoms with E-state index in [0.29, 0.717) is 10.9 Å². The zero-order valence-corrected chi connectivity index (χ0v) is 20.5. The molecule has 0 fully saturated rings. The summed E-state index contributed by atoms with van der Waals surface area (Å²) in [6.45, 7) is 7.15. The van der Waals surface area contributed by atoms with Gasteiger partial charge in [-0.3, -0.25) is 4.79 Å². The van der Waals surface area contributed by atoms with Crippen molar-refractivity contribution in [1.82, 2.24) is 14.8 Å². The van der Waals surface area contributed by atoms with Crippen molar-refractivity contribution >= 4 is 39.7 Å². The highest BCUT2D eigenvalue weighted by molar-refractivity contribution is 8.01. The van der Waals surface area contributed by atoms with Gasteiger partial charge in [-0.15, -0.1) is 10.2 Å². The molecule has 2 aromatic heterocycles. The van der Waals surface area contributed by atoms with Crippen LogP contribution in [-0.2, 0) is 6.54 Å². The van der Waals surface area contributed by atoms with Crippen LogP contribution in [-0.4, -0.2) is 26.3 Å². The van der Waals surface area contributed by atoms with Gasteiger partial charge in [-0.1, -0.05) is 48.2 Å². The minimum absolute atomic E-state index is 0.120. The standard InChI is InChI=1S/C25H26N4O2S2/c1-4-14-29-17(2)15-22(18(29)3)23(30)16-32-25-28-27-24(33-25)26-19-10-12-21(13-11-19)31-20-8-6-5-7-9-20/h5-13,15H,4,14,16H2,1-3H3,(H,26,27). The number of nitrogens with one attached hydrogen (secondary N) is 1. The van der Waals surface area contributed by atoms with Crippen LogP contribution < -0.4 is 10.1 Å². The lowest BCUT2D eigenvalue weighted by molar-refractivity contribution is 0.102. The molecule has 0 bridgehead atoms. The van der Waals surface area contributed by atoms with Gasteiger partial charge in [0.05, 0.1) is 5.75 Å². The number of hydrogen-bond donors (Lipinski definition) is 1. The van der Waals surface area contributed by atoms with Crippen LogP contribution in [0.4, 0.5) is 10.8 Å². The number of Topliss-reactive ketones (excluding diaryl/α,β-unsaturated/α-hetero) is 1. The van der Waals surface area contributed by atoms with Gasteiger partial charge in [0.2, 0.25) is 5.13 Å². The quantitative estimate of drug-likeness (QED) is 0.198. The molecular formula is C25H26N4O2S2. The Kier molecular flexibility index (Phi) is 7.47. The number of nitrogens with zero attached hydrogens (tertiary/aromatic N) is 3. The summed E-state index contributed by atoms with van der Waals surface area (Å²) >= 11 is 2.86. The Hall–Kier alpha value is -3.10. The van der Waals surface area contributed by atoms with Gasteiger partial charge in [0, 0.05) is 29.2 Å². The van der Waals surface area contributed by atoms with Crippen molar-refractivity contribution in [2.45, 2.75) is 38.1 Å². The van der Waals surface area contributed by atoms with Crippen LogP contribution in [0.1, 0.15) is 35.1 Å². The molecule has 0 unspecified atom stereocenters. The number of carbonyl (C=O) groups excluding carboxylic acids is 1. The third kappa shape index (κ3) is 5.83. The van der Waals surface area contributed by atoms with E-state index in [0.717, 1.165) is 51.4 Å². The molecule has 0 saturated heterocycles. The van der Waals surface area contributed by atoms with Crippen LogP contribution in [0.15, 0.2) is 65.0 Å². The number of carbonyl (C=O) groups is 1. The van der Waals surface area contributed by atoms with Gasteiger partial charge in [0.1, 0.15) is 11.5 Å². The van der Waals surface area contributed by atoms with Crippen molar-refractivity contribution in [2.24, 2.45) is 0 Å². The molecule has 0 aliphatic heterocycles. The summed E-state index contributed by atoms with van der Waals surface area (Å²) in [7, 11) is 0. The largest absolute Gasteiger partial charge is 0.457 e. The van der Waals surface area contributed by atoms with E-state index in [9.17, 15) is 4.79 Å². The third-order valence-corrected chi connectivity index (χ3v) is 7.11. The number of aromatic nitrogens is 3. The second kappa shape index (κ2) is 10.7. The number of benzene rings is 2. The minimum atomic E-state index is 0.120. The highest BCUT2D eigenvalue weighted by Crippen LogP contribution is 2.30. The number of ether oxygens (including phenoxy) is 1. The molecule has 0 amide bonds. The second-order valence-electron chi connectivity index (χ2n) is 7.59. The van der Waals surface area contributed by atoms with Gasteiger partial charge in [-0.25, -0.2) is 0 Å². The fourth-order valence-corrected chi connectivity index (χ4v) is 5.18. The van der Waals surface area contributed by atoms with Gasteiger partial charge >= 0.3 is 0 Å². The van der Waals surface area contributed by atoms with Crippen molar-refractivity contribution in [3.63, 3.8) is 0 Å². The van der Waals surface area contributed by atoms with E-state index < -0.39 is 0 Å². The van der Waals surface area contributed by atoms with Crippen LogP contribution in [0.2, 0.25) is 0 Å². The molecule has 6 nitrogen and oxygen atoms in total. The summed E-state index contributed by atoms with van der Waals surface area (Å²) in [4.78, 5) is 12.8. The van der Waals surface area contributed by atoms with Crippen molar-refractivity contribution in [2.75, 3.05) is 11.1 Å². The molecule has 1 N–H and O–H groups in total. The molecular weight excluding hydrogens is 452 g/mol. The molecule has 0 atom stereocenters. The van der Waals surface area contributed by atoms with E-state index >= 15 is 0 Å². The van der Waals surface area contributed by atoms with E-state index in [1.807, 2.05) is 67.6 Å². The molecule has 33 heavy (non-hydrogen) atoms. The Labute approximate surface area is 202 Å². The number of aryl methyl sites for hydroxylation is 1. The first kappa shape index (κ1) is 23.1. The predicted octanol–water partition coefficient (Wildman–Crippen LogP) is 6.88. The Bertz CT molecular complexity index is 1220. The van der Waals surface area contributed by atoms with E-state index in [1.165, 1.54) is 23.1 Å². The van der Waals surface area contributed by atoms with Crippen LogP contribution in [0.3, 0.4) is 0 Å². The third-order valence-electron chi connectivity index (χ3n) is 5.14. The van der Waals surface area contributed by atoms with Gasteiger partial charge in [0.15, 0.2) is 10.1 Å². The van der Waals surface area contributed by atoms with Gasteiger partial charge < -0.3 is 14.6 Å². The fourth-order valence-electron chi connectivity index (χ4n) is 3.53. The average Bonchev–Trinajstić information content (AvgIpc) is 3.39. The van der Waals surface area contributed by atoms with E-state index in [2.05, 4.69) is 33.9 Å². The fraction of sp³-hybridized carbons (Fsp3) is 0.240. The lowest BCUT2D eigenvalue weighted by Gasteiger charge is -2.07. The first-order valence-corrected chi connectivity index (χ1v) is 12.6. The van der Waals surface area contributed by atoms with Gasteiger partial charge in [-0.2, -0.15) is 0 Å². The van der Waals surface area contributed by atoms with Crippen LogP contribution in [0.25, 0.3) is 0 Å². The first-order chi connectivity index (χ1) is 16.0. The molecule has 2 heterocycles. The van der Waals surface area contributed by atoms with Crippen molar-refractivity contribution in [3.8, 4) is 11.5 Å². The summed E-state index contributed by atoms with van der Waals surface area (Å²) in [6.07, 6.45) is 1.04. The maximum Gasteiger partial charge on any atom is 0.210 e. The number of rotatable bonds is 10. The lowest BCUT2D eigenvalue weighted by atomic mass is 10.2. The van der Waals surface area contributed by atoms with Crippen LogP contribution in [0, 0.1) is 13.8 Å². The molecule has 0 aliphatic rings. The van der Waals surface area contributed by atoms with Crippen molar-refractivity contribution in [1.29, 1.82) is 0 Å². The van der Waals surface area contributed by atoms with E-state index in [1.54, 1.807) is 0 Å². The molecule has 2 aromatic carbocycles. The summed E-state index contributed by atoms with van der Waals surface area (Å²) in [6, 6.07) is 19.3. The molecule has 0 spiro atoms. The Morgan fingerprint density at radius 1 is 1.06 bits per heavy atom. The van der Waals surface area contributed by atoms with E-state index in [4.69, 9.17) is 4.74 Å². The van der Waals surface area contributed by atoms with Gasteiger partial charge in [-0.05, 0) is 62.7 Å². The Balaban J connectivity index is 1.32. The second-order valence-corrected chi connectivity index (χ2v) is 9.79. The number of ketones is 1.